The summed E-state index contributed by atoms with van der Waals surface area (Å²) in [7, 11) is 0. The van der Waals surface area contributed by atoms with E-state index >= 15 is 0 Å². The van der Waals surface area contributed by atoms with Crippen LogP contribution in [0.2, 0.25) is 5.02 Å². The topological polar surface area (TPSA) is 71.8 Å². The van der Waals surface area contributed by atoms with Crippen LogP contribution in [0.5, 0.6) is 0 Å². The van der Waals surface area contributed by atoms with E-state index in [1.807, 2.05) is 24.3 Å². The molecule has 2 aromatic carbocycles. The standard InChI is InChI=1S/C19H17ClFN5O/c1-11(27)22-18-24-19-23-16(12-2-6-14(20)7-3-12)10-17(26(19)25-18)13-4-8-15(21)9-5-13/h2-9,16-17H,10H2,1H3,(H2,22,23,24,25,27)/t16-,17+/m1/s1. The Balaban J connectivity index is 1.74. The lowest BCUT2D eigenvalue weighted by atomic mass is 9.93. The predicted octanol–water partition coefficient (Wildman–Crippen LogP) is 4.18. The van der Waals surface area contributed by atoms with Gasteiger partial charge in [-0.2, -0.15) is 4.98 Å². The molecule has 0 unspecified atom stereocenters. The highest BCUT2D eigenvalue weighted by Crippen LogP contribution is 2.38. The molecule has 138 valence electrons. The van der Waals surface area contributed by atoms with E-state index in [-0.39, 0.29) is 29.8 Å². The van der Waals surface area contributed by atoms with Crippen molar-refractivity contribution in [3.05, 3.63) is 70.5 Å². The molecule has 0 fully saturated rings. The van der Waals surface area contributed by atoms with Crippen molar-refractivity contribution in [2.75, 3.05) is 10.6 Å². The molecule has 0 saturated carbocycles. The van der Waals surface area contributed by atoms with Gasteiger partial charge in [0, 0.05) is 11.9 Å². The molecule has 27 heavy (non-hydrogen) atoms. The molecule has 0 spiro atoms. The van der Waals surface area contributed by atoms with Gasteiger partial charge >= 0.3 is 0 Å². The zero-order chi connectivity index (χ0) is 19.0. The van der Waals surface area contributed by atoms with Gasteiger partial charge in [-0.1, -0.05) is 35.9 Å². The number of rotatable bonds is 3. The van der Waals surface area contributed by atoms with E-state index in [2.05, 4.69) is 20.7 Å². The third-order valence-corrected chi connectivity index (χ3v) is 4.76. The minimum absolute atomic E-state index is 0.0285. The Labute approximate surface area is 160 Å². The van der Waals surface area contributed by atoms with E-state index in [0.717, 1.165) is 11.1 Å². The van der Waals surface area contributed by atoms with Crippen LogP contribution in [0.3, 0.4) is 0 Å². The molecular weight excluding hydrogens is 369 g/mol. The monoisotopic (exact) mass is 385 g/mol. The van der Waals surface area contributed by atoms with Gasteiger partial charge in [-0.05, 0) is 41.8 Å². The molecule has 4 rings (SSSR count). The molecule has 1 aliphatic heterocycles. The first-order valence-electron chi connectivity index (χ1n) is 8.51. The molecule has 8 heteroatoms. The van der Waals surface area contributed by atoms with Crippen molar-refractivity contribution >= 4 is 29.4 Å². The fourth-order valence-corrected chi connectivity index (χ4v) is 3.39. The van der Waals surface area contributed by atoms with Gasteiger partial charge in [0.2, 0.25) is 11.9 Å². The van der Waals surface area contributed by atoms with Gasteiger partial charge in [0.25, 0.3) is 5.95 Å². The molecule has 0 aliphatic carbocycles. The highest BCUT2D eigenvalue weighted by molar-refractivity contribution is 6.30. The first-order chi connectivity index (χ1) is 13.0. The van der Waals surface area contributed by atoms with Crippen LogP contribution >= 0.6 is 11.6 Å². The van der Waals surface area contributed by atoms with E-state index in [4.69, 9.17) is 11.6 Å². The maximum Gasteiger partial charge on any atom is 0.250 e. The number of hydrogen-bond acceptors (Lipinski definition) is 4. The number of anilines is 2. The maximum atomic E-state index is 13.4. The number of aromatic nitrogens is 3. The minimum Gasteiger partial charge on any atom is -0.347 e. The second kappa shape index (κ2) is 7.00. The zero-order valence-corrected chi connectivity index (χ0v) is 15.2. The van der Waals surface area contributed by atoms with Crippen LogP contribution in [0, 0.1) is 5.82 Å². The molecule has 1 aromatic heterocycles. The number of amides is 1. The van der Waals surface area contributed by atoms with Crippen LogP contribution in [0.15, 0.2) is 48.5 Å². The van der Waals surface area contributed by atoms with Gasteiger partial charge in [-0.3, -0.25) is 10.1 Å². The second-order valence-corrected chi connectivity index (χ2v) is 6.87. The first kappa shape index (κ1) is 17.5. The number of halogens is 2. The summed E-state index contributed by atoms with van der Waals surface area (Å²) >= 11 is 6.00. The fraction of sp³-hybridized carbons (Fsp3) is 0.211. The average molecular weight is 386 g/mol. The summed E-state index contributed by atoms with van der Waals surface area (Å²) in [5.41, 5.74) is 1.97. The quantitative estimate of drug-likeness (QED) is 0.709. The third kappa shape index (κ3) is 3.64. The van der Waals surface area contributed by atoms with Crippen LogP contribution in [-0.2, 0) is 4.79 Å². The number of hydrogen-bond donors (Lipinski definition) is 2. The van der Waals surface area contributed by atoms with E-state index in [1.54, 1.807) is 16.8 Å². The Morgan fingerprint density at radius 2 is 1.85 bits per heavy atom. The number of benzene rings is 2. The Bertz CT molecular complexity index is 971. The van der Waals surface area contributed by atoms with Crippen LogP contribution in [0.1, 0.15) is 36.6 Å². The van der Waals surface area contributed by atoms with Crippen molar-refractivity contribution in [1.29, 1.82) is 0 Å². The molecule has 6 nitrogen and oxygen atoms in total. The lowest BCUT2D eigenvalue weighted by Gasteiger charge is -2.31. The molecule has 3 aromatic rings. The second-order valence-electron chi connectivity index (χ2n) is 6.44. The van der Waals surface area contributed by atoms with Gasteiger partial charge in [0.05, 0.1) is 12.1 Å². The summed E-state index contributed by atoms with van der Waals surface area (Å²) < 4.78 is 15.1. The van der Waals surface area contributed by atoms with Gasteiger partial charge in [-0.25, -0.2) is 9.07 Å². The summed E-state index contributed by atoms with van der Waals surface area (Å²) in [5, 5.41) is 11.0. The largest absolute Gasteiger partial charge is 0.347 e. The van der Waals surface area contributed by atoms with Crippen LogP contribution in [0.4, 0.5) is 16.3 Å². The number of nitrogens with zero attached hydrogens (tertiary/aromatic N) is 3. The van der Waals surface area contributed by atoms with E-state index in [9.17, 15) is 9.18 Å². The molecule has 1 amide bonds. The Hall–Kier alpha value is -2.93. The summed E-state index contributed by atoms with van der Waals surface area (Å²) in [4.78, 5) is 15.7. The Kier molecular flexibility index (Phi) is 4.53. The highest BCUT2D eigenvalue weighted by atomic mass is 35.5. The number of nitrogens with one attached hydrogen (secondary N) is 2. The summed E-state index contributed by atoms with van der Waals surface area (Å²) in [6.45, 7) is 1.40. The van der Waals surface area contributed by atoms with E-state index in [1.165, 1.54) is 19.1 Å². The van der Waals surface area contributed by atoms with Crippen molar-refractivity contribution in [2.24, 2.45) is 0 Å². The fourth-order valence-electron chi connectivity index (χ4n) is 3.26. The third-order valence-electron chi connectivity index (χ3n) is 4.50. The van der Waals surface area contributed by atoms with Gasteiger partial charge < -0.3 is 5.32 Å². The van der Waals surface area contributed by atoms with Crippen molar-refractivity contribution < 1.29 is 9.18 Å². The Morgan fingerprint density at radius 3 is 2.52 bits per heavy atom. The molecule has 2 atom stereocenters. The van der Waals surface area contributed by atoms with Crippen LogP contribution < -0.4 is 10.6 Å². The molecule has 0 radical (unpaired) electrons. The minimum atomic E-state index is -0.292. The van der Waals surface area contributed by atoms with Crippen LogP contribution in [-0.4, -0.2) is 20.7 Å². The number of fused-ring (bicyclic) bond motifs is 1. The lowest BCUT2D eigenvalue weighted by molar-refractivity contribution is -0.114. The van der Waals surface area contributed by atoms with Gasteiger partial charge in [0.1, 0.15) is 5.82 Å². The predicted molar refractivity (Wildman–Crippen MR) is 101 cm³/mol. The molecule has 0 saturated heterocycles. The molecule has 2 heterocycles. The summed E-state index contributed by atoms with van der Waals surface area (Å²) in [5.74, 6) is 0.235. The van der Waals surface area contributed by atoms with E-state index in [0.29, 0.717) is 17.4 Å². The molecular formula is C19H17ClFN5O. The van der Waals surface area contributed by atoms with Crippen molar-refractivity contribution in [1.82, 2.24) is 14.8 Å². The highest BCUT2D eigenvalue weighted by Gasteiger charge is 2.31. The molecule has 1 aliphatic rings. The SMILES string of the molecule is CC(=O)Nc1nc2n(n1)[C@H](c1ccc(F)cc1)C[C@H](c1ccc(Cl)cc1)N2. The van der Waals surface area contributed by atoms with Crippen molar-refractivity contribution in [3.8, 4) is 0 Å². The first-order valence-corrected chi connectivity index (χ1v) is 8.89. The lowest BCUT2D eigenvalue weighted by Crippen LogP contribution is -2.28. The number of carbonyl (C=O) groups is 1. The Morgan fingerprint density at radius 1 is 1.19 bits per heavy atom. The average Bonchev–Trinajstić information content (AvgIpc) is 3.03. The molecule has 2 N–H and O–H groups in total. The number of carbonyl (C=O) groups excluding carboxylic acids is 1. The van der Waals surface area contributed by atoms with Crippen molar-refractivity contribution in [3.63, 3.8) is 0 Å². The summed E-state index contributed by atoms with van der Waals surface area (Å²) in [6.07, 6.45) is 0.684. The normalized spacial score (nSPS) is 18.5. The zero-order valence-electron chi connectivity index (χ0n) is 14.5. The van der Waals surface area contributed by atoms with E-state index < -0.39 is 0 Å². The maximum absolute atomic E-state index is 13.4. The van der Waals surface area contributed by atoms with Crippen molar-refractivity contribution in [2.45, 2.75) is 25.4 Å². The smallest absolute Gasteiger partial charge is 0.250 e. The molecule has 0 bridgehead atoms. The summed E-state index contributed by atoms with van der Waals surface area (Å²) in [6, 6.07) is 13.8. The van der Waals surface area contributed by atoms with Gasteiger partial charge in [0.15, 0.2) is 0 Å². The van der Waals surface area contributed by atoms with Crippen LogP contribution in [0.25, 0.3) is 0 Å². The van der Waals surface area contributed by atoms with Gasteiger partial charge in [-0.15, -0.1) is 5.10 Å².